The van der Waals surface area contributed by atoms with Gasteiger partial charge in [0, 0.05) is 30.9 Å². The molecule has 4 atom stereocenters. The Morgan fingerprint density at radius 1 is 1.00 bits per heavy atom. The zero-order valence-electron chi connectivity index (χ0n) is 30.0. The highest BCUT2D eigenvalue weighted by molar-refractivity contribution is 6.77. The molecule has 1 aliphatic rings. The molecule has 0 saturated carbocycles. The van der Waals surface area contributed by atoms with Crippen molar-refractivity contribution in [2.75, 3.05) is 7.11 Å². The maximum absolute atomic E-state index is 12.8. The normalized spacial score (nSPS) is 22.8. The van der Waals surface area contributed by atoms with Crippen LogP contribution in [0.25, 0.3) is 0 Å². The molecular weight excluding hydrogens is 596 g/mol. The minimum Gasteiger partial charge on any atom is -0.466 e. The van der Waals surface area contributed by atoms with Crippen LogP contribution in [-0.2, 0) is 28.3 Å². The van der Waals surface area contributed by atoms with Crippen LogP contribution in [0.1, 0.15) is 101 Å². The molecule has 0 radical (unpaired) electrons. The van der Waals surface area contributed by atoms with Crippen LogP contribution in [0.5, 0.6) is 0 Å². The summed E-state index contributed by atoms with van der Waals surface area (Å²) < 4.78 is 17.5. The first-order valence-corrected chi connectivity index (χ1v) is 19.0. The van der Waals surface area contributed by atoms with E-state index in [2.05, 4.69) is 46.3 Å². The Hall–Kier alpha value is -2.81. The van der Waals surface area contributed by atoms with E-state index >= 15 is 0 Å². The second-order valence-corrected chi connectivity index (χ2v) is 18.8. The zero-order chi connectivity index (χ0) is 34.9. The molecule has 8 heteroatoms. The molecule has 1 aliphatic heterocycles. The summed E-state index contributed by atoms with van der Waals surface area (Å²) in [4.78, 5) is 37.1. The predicted octanol–water partition coefficient (Wildman–Crippen LogP) is 8.67. The third-order valence-electron chi connectivity index (χ3n) is 8.68. The number of ketones is 1. The van der Waals surface area contributed by atoms with Crippen molar-refractivity contribution in [3.63, 3.8) is 0 Å². The fourth-order valence-corrected chi connectivity index (χ4v) is 11.8. The molecule has 0 unspecified atom stereocenters. The van der Waals surface area contributed by atoms with Gasteiger partial charge in [-0.05, 0) is 62.2 Å². The van der Waals surface area contributed by atoms with E-state index in [0.717, 1.165) is 11.1 Å². The van der Waals surface area contributed by atoms with Gasteiger partial charge in [0.25, 0.3) is 0 Å². The number of hydrogen-bond acceptors (Lipinski definition) is 7. The first kappa shape index (κ1) is 41.2. The van der Waals surface area contributed by atoms with Crippen molar-refractivity contribution < 1.29 is 33.4 Å². The molecule has 0 spiro atoms. The van der Waals surface area contributed by atoms with E-state index in [9.17, 15) is 19.5 Å². The van der Waals surface area contributed by atoms with Crippen LogP contribution in [-0.4, -0.2) is 56.6 Å². The van der Waals surface area contributed by atoms with Gasteiger partial charge >= 0.3 is 11.9 Å². The molecule has 0 amide bonds. The van der Waals surface area contributed by atoms with E-state index in [-0.39, 0.29) is 11.7 Å². The fourth-order valence-electron chi connectivity index (χ4n) is 6.26. The number of carbonyl (C=O) groups excluding carboxylic acids is 3. The summed E-state index contributed by atoms with van der Waals surface area (Å²) in [6.45, 7) is 19.1. The van der Waals surface area contributed by atoms with Crippen molar-refractivity contribution in [1.29, 1.82) is 0 Å². The lowest BCUT2D eigenvalue weighted by atomic mass is 9.95. The quantitative estimate of drug-likeness (QED) is 0.115. The summed E-state index contributed by atoms with van der Waals surface area (Å²) in [6, 6.07) is 0. The van der Waals surface area contributed by atoms with Gasteiger partial charge in [-0.25, -0.2) is 9.59 Å². The Labute approximate surface area is 279 Å². The van der Waals surface area contributed by atoms with E-state index < -0.39 is 38.6 Å². The Bertz CT molecular complexity index is 1130. The SMILES string of the molecule is COC(=O)C=CC(C)=C[C@H](C)[C@@H]1CC(C)=CC=CCC[C@@H](O)[C@H](O[Si](C(C)C)(C(C)C)C(C)C)C=CC(=O)CCCC=CC(=O)O1. The number of hydrogen-bond donors (Lipinski definition) is 1. The number of esters is 2. The molecule has 0 aromatic heterocycles. The first-order valence-electron chi connectivity index (χ1n) is 16.8. The minimum atomic E-state index is -2.31. The van der Waals surface area contributed by atoms with Gasteiger partial charge < -0.3 is 19.0 Å². The lowest BCUT2D eigenvalue weighted by Crippen LogP contribution is -2.52. The molecule has 258 valence electrons. The van der Waals surface area contributed by atoms with Crippen molar-refractivity contribution in [2.24, 2.45) is 5.92 Å². The maximum atomic E-state index is 12.8. The molecule has 0 aromatic rings. The van der Waals surface area contributed by atoms with Gasteiger partial charge in [-0.15, -0.1) is 0 Å². The fraction of sp³-hybridized carbons (Fsp3) is 0.605. The maximum Gasteiger partial charge on any atom is 0.330 e. The Morgan fingerprint density at radius 2 is 1.65 bits per heavy atom. The van der Waals surface area contributed by atoms with E-state index in [1.807, 2.05) is 45.1 Å². The van der Waals surface area contributed by atoms with E-state index in [1.54, 1.807) is 24.3 Å². The van der Waals surface area contributed by atoms with Crippen LogP contribution in [0.3, 0.4) is 0 Å². The summed E-state index contributed by atoms with van der Waals surface area (Å²) in [6.07, 6.45) is 18.9. The summed E-state index contributed by atoms with van der Waals surface area (Å²) in [5.74, 6) is -1.02. The second kappa shape index (κ2) is 21.1. The van der Waals surface area contributed by atoms with Gasteiger partial charge in [0.05, 0.1) is 19.3 Å². The molecule has 1 rings (SSSR count). The van der Waals surface area contributed by atoms with E-state index in [0.29, 0.717) is 55.1 Å². The summed E-state index contributed by atoms with van der Waals surface area (Å²) >= 11 is 0. The molecule has 0 bridgehead atoms. The van der Waals surface area contributed by atoms with Gasteiger partial charge in [-0.1, -0.05) is 102 Å². The van der Waals surface area contributed by atoms with Crippen molar-refractivity contribution in [2.45, 2.75) is 136 Å². The monoisotopic (exact) mass is 656 g/mol. The number of carbonyl (C=O) groups is 3. The summed E-state index contributed by atoms with van der Waals surface area (Å²) in [5.41, 5.74) is 2.93. The number of cyclic esters (lactones) is 1. The predicted molar refractivity (Wildman–Crippen MR) is 190 cm³/mol. The Morgan fingerprint density at radius 3 is 2.26 bits per heavy atom. The molecule has 0 aliphatic carbocycles. The van der Waals surface area contributed by atoms with Crippen LogP contribution in [0, 0.1) is 5.92 Å². The van der Waals surface area contributed by atoms with Gasteiger partial charge in [0.2, 0.25) is 8.32 Å². The van der Waals surface area contributed by atoms with E-state index in [1.165, 1.54) is 19.3 Å². The lowest BCUT2D eigenvalue weighted by molar-refractivity contribution is -0.144. The number of aliphatic hydroxyl groups excluding tert-OH is 1. The Balaban J connectivity index is 3.29. The Kier molecular flexibility index (Phi) is 18.9. The molecule has 1 heterocycles. The van der Waals surface area contributed by atoms with E-state index in [4.69, 9.17) is 9.16 Å². The smallest absolute Gasteiger partial charge is 0.330 e. The number of methoxy groups -OCH3 is 1. The van der Waals surface area contributed by atoms with Crippen molar-refractivity contribution in [3.8, 4) is 0 Å². The molecule has 0 saturated heterocycles. The largest absolute Gasteiger partial charge is 0.466 e. The molecule has 0 aromatic carbocycles. The molecule has 7 nitrogen and oxygen atoms in total. The number of ether oxygens (including phenoxy) is 2. The van der Waals surface area contributed by atoms with Gasteiger partial charge in [0.15, 0.2) is 5.78 Å². The first-order chi connectivity index (χ1) is 21.6. The standard InChI is InChI=1S/C38H60O7Si/c1-27(2)46(28(3)4,29(5)6)45-35-23-22-33(39)18-14-12-16-20-38(42)44-36(26-30(7)17-13-11-15-19-34(35)40)32(9)25-31(8)21-24-37(41)43-10/h11,13,16-17,20-25,27-29,32,34-36,40H,12,14-15,18-19,26H2,1-10H3/t32-,34+,35+,36-/m0/s1. The zero-order valence-corrected chi connectivity index (χ0v) is 31.0. The van der Waals surface area contributed by atoms with Crippen LogP contribution in [0.2, 0.25) is 16.6 Å². The minimum absolute atomic E-state index is 0.0325. The third kappa shape index (κ3) is 14.3. The molecule has 0 fully saturated rings. The van der Waals surface area contributed by atoms with Crippen molar-refractivity contribution in [3.05, 3.63) is 71.9 Å². The average molecular weight is 657 g/mol. The van der Waals surface area contributed by atoms with Gasteiger partial charge in [-0.3, -0.25) is 4.79 Å². The van der Waals surface area contributed by atoms with Gasteiger partial charge in [0.1, 0.15) is 6.10 Å². The second-order valence-electron chi connectivity index (χ2n) is 13.4. The van der Waals surface area contributed by atoms with Gasteiger partial charge in [-0.2, -0.15) is 0 Å². The lowest BCUT2D eigenvalue weighted by Gasteiger charge is -2.45. The van der Waals surface area contributed by atoms with Crippen LogP contribution >= 0.6 is 0 Å². The molecule has 1 N–H and O–H groups in total. The molecule has 46 heavy (non-hydrogen) atoms. The summed E-state index contributed by atoms with van der Waals surface area (Å²) in [7, 11) is -0.979. The highest BCUT2D eigenvalue weighted by atomic mass is 28.4. The number of aliphatic hydroxyl groups is 1. The number of rotatable bonds is 9. The highest BCUT2D eigenvalue weighted by Gasteiger charge is 2.47. The molecular formula is C38H60O7Si. The van der Waals surface area contributed by atoms with Crippen molar-refractivity contribution >= 4 is 26.0 Å². The number of allylic oxidation sites excluding steroid dienone is 7. The average Bonchev–Trinajstić information content (AvgIpc) is 2.98. The highest BCUT2D eigenvalue weighted by Crippen LogP contribution is 2.43. The topological polar surface area (TPSA) is 99.1 Å². The summed E-state index contributed by atoms with van der Waals surface area (Å²) in [5, 5.41) is 11.3. The third-order valence-corrected chi connectivity index (χ3v) is 14.8. The van der Waals surface area contributed by atoms with Crippen LogP contribution < -0.4 is 0 Å². The van der Waals surface area contributed by atoms with Crippen LogP contribution in [0.4, 0.5) is 0 Å². The van der Waals surface area contributed by atoms with Crippen molar-refractivity contribution in [1.82, 2.24) is 0 Å². The van der Waals surface area contributed by atoms with Crippen LogP contribution in [0.15, 0.2) is 71.9 Å².